The quantitative estimate of drug-likeness (QED) is 0.432. The van der Waals surface area contributed by atoms with Crippen molar-refractivity contribution >= 4 is 27.4 Å². The number of sulfone groups is 1. The highest BCUT2D eigenvalue weighted by atomic mass is 32.2. The standard InChI is InChI=1S/C25H20O6S/c1-3-31-24(28)25(2,32(29,30)16-10-5-4-6-11-16)20-15-9-14-19-21(20)23(27)18-13-8-7-12-17(18)22(19)26/h4-15H,3H2,1-2H3. The summed E-state index contributed by atoms with van der Waals surface area (Å²) in [5.41, 5.74) is 0.299. The molecule has 1 unspecified atom stereocenters. The molecule has 7 heteroatoms. The summed E-state index contributed by atoms with van der Waals surface area (Å²) >= 11 is 0. The molecule has 1 aliphatic rings. The average Bonchev–Trinajstić information content (AvgIpc) is 2.82. The monoisotopic (exact) mass is 448 g/mol. The summed E-state index contributed by atoms with van der Waals surface area (Å²) in [5.74, 6) is -1.93. The normalized spacial score (nSPS) is 14.8. The number of carbonyl (C=O) groups is 3. The smallest absolute Gasteiger partial charge is 0.332 e. The van der Waals surface area contributed by atoms with Crippen molar-refractivity contribution in [2.45, 2.75) is 23.5 Å². The van der Waals surface area contributed by atoms with Crippen LogP contribution in [0.15, 0.2) is 77.7 Å². The molecule has 3 aromatic carbocycles. The summed E-state index contributed by atoms with van der Waals surface area (Å²) in [6.07, 6.45) is 0. The van der Waals surface area contributed by atoms with E-state index in [1.165, 1.54) is 43.3 Å². The molecular weight excluding hydrogens is 428 g/mol. The van der Waals surface area contributed by atoms with Crippen molar-refractivity contribution in [3.05, 3.63) is 101 Å². The second-order valence-corrected chi connectivity index (χ2v) is 9.80. The predicted octanol–water partition coefficient (Wildman–Crippen LogP) is 3.71. The number of esters is 1. The Morgan fingerprint density at radius 2 is 1.38 bits per heavy atom. The summed E-state index contributed by atoms with van der Waals surface area (Å²) < 4.78 is 30.5. The molecular formula is C25H20O6S. The average molecular weight is 448 g/mol. The van der Waals surface area contributed by atoms with Crippen LogP contribution in [0.4, 0.5) is 0 Å². The molecule has 0 saturated heterocycles. The maximum Gasteiger partial charge on any atom is 0.332 e. The maximum absolute atomic E-state index is 13.8. The van der Waals surface area contributed by atoms with Gasteiger partial charge in [-0.15, -0.1) is 0 Å². The highest BCUT2D eigenvalue weighted by molar-refractivity contribution is 7.93. The fraction of sp³-hybridized carbons (Fsp3) is 0.160. The van der Waals surface area contributed by atoms with Gasteiger partial charge in [0.15, 0.2) is 26.2 Å². The van der Waals surface area contributed by atoms with Crippen molar-refractivity contribution in [1.82, 2.24) is 0 Å². The van der Waals surface area contributed by atoms with Crippen molar-refractivity contribution in [3.8, 4) is 0 Å². The van der Waals surface area contributed by atoms with E-state index in [2.05, 4.69) is 0 Å². The zero-order valence-corrected chi connectivity index (χ0v) is 18.3. The molecule has 0 spiro atoms. The van der Waals surface area contributed by atoms with Crippen LogP contribution in [0.1, 0.15) is 51.3 Å². The first-order valence-electron chi connectivity index (χ1n) is 10.0. The lowest BCUT2D eigenvalue weighted by Gasteiger charge is -2.31. The molecule has 0 aliphatic heterocycles. The van der Waals surface area contributed by atoms with Gasteiger partial charge in [0.1, 0.15) is 0 Å². The Hall–Kier alpha value is -3.58. The number of hydrogen-bond acceptors (Lipinski definition) is 6. The van der Waals surface area contributed by atoms with Crippen LogP contribution in [0.3, 0.4) is 0 Å². The van der Waals surface area contributed by atoms with Gasteiger partial charge < -0.3 is 4.74 Å². The summed E-state index contributed by atoms with van der Waals surface area (Å²) in [7, 11) is -4.36. The highest BCUT2D eigenvalue weighted by Crippen LogP contribution is 2.41. The van der Waals surface area contributed by atoms with Crippen LogP contribution < -0.4 is 0 Å². The van der Waals surface area contributed by atoms with E-state index < -0.39 is 32.1 Å². The van der Waals surface area contributed by atoms with E-state index >= 15 is 0 Å². The third-order valence-corrected chi connectivity index (χ3v) is 8.08. The molecule has 1 aliphatic carbocycles. The minimum absolute atomic E-state index is 0.0521. The first-order valence-corrected chi connectivity index (χ1v) is 11.5. The van der Waals surface area contributed by atoms with Gasteiger partial charge in [0.2, 0.25) is 0 Å². The Balaban J connectivity index is 2.05. The number of carbonyl (C=O) groups excluding carboxylic acids is 3. The van der Waals surface area contributed by atoms with E-state index in [0.717, 1.165) is 0 Å². The fourth-order valence-electron chi connectivity index (χ4n) is 4.01. The molecule has 6 nitrogen and oxygen atoms in total. The number of hydrogen-bond donors (Lipinski definition) is 0. The Morgan fingerprint density at radius 3 is 2.00 bits per heavy atom. The Bertz CT molecular complexity index is 1360. The van der Waals surface area contributed by atoms with Gasteiger partial charge in [0.05, 0.1) is 11.5 Å². The molecule has 4 rings (SSSR count). The minimum atomic E-state index is -4.36. The van der Waals surface area contributed by atoms with E-state index in [1.807, 2.05) is 0 Å². The Morgan fingerprint density at radius 1 is 0.812 bits per heavy atom. The highest BCUT2D eigenvalue weighted by Gasteiger charge is 2.53. The molecule has 3 aromatic rings. The van der Waals surface area contributed by atoms with E-state index in [-0.39, 0.29) is 39.3 Å². The van der Waals surface area contributed by atoms with Gasteiger partial charge in [-0.05, 0) is 31.5 Å². The Kier molecular flexibility index (Phi) is 5.30. The third-order valence-electron chi connectivity index (χ3n) is 5.72. The SMILES string of the molecule is CCOC(=O)C(C)(c1cccc2c1C(=O)c1ccccc1C2=O)S(=O)(=O)c1ccccc1. The van der Waals surface area contributed by atoms with Crippen molar-refractivity contribution in [3.63, 3.8) is 0 Å². The van der Waals surface area contributed by atoms with Gasteiger partial charge in [0, 0.05) is 22.3 Å². The molecule has 0 heterocycles. The van der Waals surface area contributed by atoms with E-state index in [0.29, 0.717) is 0 Å². The van der Waals surface area contributed by atoms with Crippen LogP contribution in [-0.4, -0.2) is 32.6 Å². The van der Waals surface area contributed by atoms with E-state index in [9.17, 15) is 22.8 Å². The van der Waals surface area contributed by atoms with Crippen LogP contribution in [0.2, 0.25) is 0 Å². The van der Waals surface area contributed by atoms with Gasteiger partial charge in [-0.2, -0.15) is 0 Å². The fourth-order valence-corrected chi connectivity index (χ4v) is 5.74. The molecule has 0 bridgehead atoms. The molecule has 0 amide bonds. The first-order chi connectivity index (χ1) is 15.2. The number of benzene rings is 3. The van der Waals surface area contributed by atoms with Crippen LogP contribution in [0, 0.1) is 0 Å². The predicted molar refractivity (Wildman–Crippen MR) is 117 cm³/mol. The van der Waals surface area contributed by atoms with Crippen molar-refractivity contribution in [2.24, 2.45) is 0 Å². The lowest BCUT2D eigenvalue weighted by Crippen LogP contribution is -2.44. The van der Waals surface area contributed by atoms with E-state index in [1.54, 1.807) is 43.3 Å². The van der Waals surface area contributed by atoms with Crippen LogP contribution >= 0.6 is 0 Å². The second kappa shape index (κ2) is 7.84. The lowest BCUT2D eigenvalue weighted by molar-refractivity contribution is -0.146. The minimum Gasteiger partial charge on any atom is -0.465 e. The lowest BCUT2D eigenvalue weighted by atomic mass is 9.79. The van der Waals surface area contributed by atoms with Gasteiger partial charge in [0.25, 0.3) is 0 Å². The largest absolute Gasteiger partial charge is 0.465 e. The number of ketones is 2. The van der Waals surface area contributed by atoms with Gasteiger partial charge in [-0.3, -0.25) is 9.59 Å². The summed E-state index contributed by atoms with van der Waals surface area (Å²) in [6, 6.07) is 18.2. The molecule has 162 valence electrons. The second-order valence-electron chi connectivity index (χ2n) is 7.50. The summed E-state index contributed by atoms with van der Waals surface area (Å²) in [5, 5.41) is 0. The molecule has 1 atom stereocenters. The molecule has 0 fully saturated rings. The summed E-state index contributed by atoms with van der Waals surface area (Å²) in [4.78, 5) is 39.7. The zero-order valence-electron chi connectivity index (χ0n) is 17.5. The number of rotatable bonds is 5. The van der Waals surface area contributed by atoms with Crippen molar-refractivity contribution < 1.29 is 27.5 Å². The molecule has 0 aromatic heterocycles. The third kappa shape index (κ3) is 3.00. The van der Waals surface area contributed by atoms with E-state index in [4.69, 9.17) is 4.74 Å². The van der Waals surface area contributed by atoms with Gasteiger partial charge in [-0.25, -0.2) is 13.2 Å². The molecule has 0 radical (unpaired) electrons. The van der Waals surface area contributed by atoms with Gasteiger partial charge >= 0.3 is 5.97 Å². The number of fused-ring (bicyclic) bond motifs is 2. The molecule has 32 heavy (non-hydrogen) atoms. The maximum atomic E-state index is 13.8. The van der Waals surface area contributed by atoms with Crippen molar-refractivity contribution in [2.75, 3.05) is 6.61 Å². The zero-order chi connectivity index (χ0) is 23.1. The van der Waals surface area contributed by atoms with Crippen LogP contribution in [0.25, 0.3) is 0 Å². The molecule has 0 N–H and O–H groups in total. The summed E-state index contributed by atoms with van der Waals surface area (Å²) in [6.45, 7) is 2.74. The van der Waals surface area contributed by atoms with Crippen molar-refractivity contribution in [1.29, 1.82) is 0 Å². The van der Waals surface area contributed by atoms with Crippen LogP contribution in [-0.2, 0) is 24.1 Å². The van der Waals surface area contributed by atoms with Gasteiger partial charge in [-0.1, -0.05) is 60.7 Å². The number of ether oxygens (including phenoxy) is 1. The van der Waals surface area contributed by atoms with Crippen LogP contribution in [0.5, 0.6) is 0 Å². The first kappa shape index (κ1) is 21.6. The Labute approximate surface area is 185 Å². The topological polar surface area (TPSA) is 94.6 Å². The molecule has 0 saturated carbocycles.